The molecule has 0 bridgehead atoms. The second-order valence-corrected chi connectivity index (χ2v) is 22.3. The SMILES string of the molecule is CC(=O)N[C@H]1[C@H](OC[C@H]2O[C@@H](O[C@@H]([C@H](O)[C@@H](O)CO)[C@H](O)CO)[C@H](O)[C@@H](O[C@@H]3O[C@H](CO)[C@H](O)[C@H](O)[C@H]3O[C@@H]3O[C@@H](C)[C@@H](O)[C@@H](O)[C@@H]3O)[C@H]2O)O[C@H](CO)[C@@H](O[C@@H]2O[C@H](CO[C@]3(C(=O)O)C[C@H](O)[C@@H](NC(C)=O)[C@H]([C@H](O)[C@H](O)CO)O3)[C@H](O)[C@H](O)[C@H]2O)[C@@H]1O. The fourth-order valence-electron chi connectivity index (χ4n) is 10.8. The van der Waals surface area contributed by atoms with Crippen LogP contribution >= 0.6 is 0 Å². The van der Waals surface area contributed by atoms with Gasteiger partial charge in [0.05, 0.1) is 64.5 Å². The van der Waals surface area contributed by atoms with E-state index in [1.807, 2.05) is 0 Å². The molecule has 40 nitrogen and oxygen atoms in total. The molecule has 6 aliphatic rings. The van der Waals surface area contributed by atoms with Crippen LogP contribution in [0.1, 0.15) is 27.2 Å². The Hall–Kier alpha value is -2.95. The predicted molar refractivity (Wildman–Crippen MR) is 273 cm³/mol. The van der Waals surface area contributed by atoms with Crippen molar-refractivity contribution in [2.45, 2.75) is 241 Å². The van der Waals surface area contributed by atoms with Gasteiger partial charge in [-0.1, -0.05) is 0 Å². The lowest BCUT2D eigenvalue weighted by molar-refractivity contribution is -0.393. The van der Waals surface area contributed by atoms with Gasteiger partial charge in [-0.2, -0.15) is 0 Å². The summed E-state index contributed by atoms with van der Waals surface area (Å²) in [6, 6.07) is -3.48. The van der Waals surface area contributed by atoms with Crippen molar-refractivity contribution in [3.8, 4) is 0 Å². The molecule has 0 saturated carbocycles. The van der Waals surface area contributed by atoms with Crippen molar-refractivity contribution < 1.29 is 189 Å². The molecule has 40 heteroatoms. The number of carbonyl (C=O) groups excluding carboxylic acids is 2. The molecule has 0 radical (unpaired) electrons. The van der Waals surface area contributed by atoms with Crippen LogP contribution in [0.25, 0.3) is 0 Å². The normalized spacial score (nSPS) is 45.1. The van der Waals surface area contributed by atoms with E-state index < -0.39 is 285 Å². The molecule has 0 spiro atoms. The highest BCUT2D eigenvalue weighted by Gasteiger charge is 2.59. The summed E-state index contributed by atoms with van der Waals surface area (Å²) in [5.74, 6) is -6.75. The summed E-state index contributed by atoms with van der Waals surface area (Å²) in [5.41, 5.74) is 0. The molecule has 6 heterocycles. The predicted octanol–water partition coefficient (Wildman–Crippen LogP) is -16.1. The van der Waals surface area contributed by atoms with Gasteiger partial charge in [0.15, 0.2) is 31.5 Å². The minimum Gasteiger partial charge on any atom is -0.477 e. The fraction of sp³-hybridized carbons (Fsp3) is 0.939. The third-order valence-electron chi connectivity index (χ3n) is 15.9. The number of aliphatic carboxylic acids is 1. The molecule has 0 aliphatic carbocycles. The third kappa shape index (κ3) is 16.9. The lowest BCUT2D eigenvalue weighted by atomic mass is 9.88. The van der Waals surface area contributed by atoms with Crippen LogP contribution in [0.3, 0.4) is 0 Å². The smallest absolute Gasteiger partial charge is 0.364 e. The highest BCUT2D eigenvalue weighted by Crippen LogP contribution is 2.38. The summed E-state index contributed by atoms with van der Waals surface area (Å²) in [4.78, 5) is 37.6. The highest BCUT2D eigenvalue weighted by molar-refractivity contribution is 5.76. The molecular weight excluding hydrogens is 1220 g/mol. The summed E-state index contributed by atoms with van der Waals surface area (Å²) in [5, 5.41) is 251. The Morgan fingerprint density at radius 3 is 1.58 bits per heavy atom. The molecule has 6 rings (SSSR count). The van der Waals surface area contributed by atoms with Crippen molar-refractivity contribution in [3.63, 3.8) is 0 Å². The number of carboxylic acid groups (broad SMARTS) is 1. The maximum Gasteiger partial charge on any atom is 0.364 e. The number of aliphatic hydroxyl groups is 22. The first kappa shape index (κ1) is 75.1. The number of rotatable bonds is 27. The number of ether oxygens (including phenoxy) is 12. The lowest BCUT2D eigenvalue weighted by Gasteiger charge is -2.49. The van der Waals surface area contributed by atoms with Gasteiger partial charge >= 0.3 is 5.97 Å². The molecule has 0 aromatic heterocycles. The van der Waals surface area contributed by atoms with E-state index in [1.54, 1.807) is 0 Å². The summed E-state index contributed by atoms with van der Waals surface area (Å²) >= 11 is 0. The molecular formula is C49H84N2O38. The van der Waals surface area contributed by atoms with E-state index in [2.05, 4.69) is 10.6 Å². The van der Waals surface area contributed by atoms with E-state index in [4.69, 9.17) is 56.8 Å². The first-order chi connectivity index (χ1) is 41.8. The van der Waals surface area contributed by atoms with E-state index in [1.165, 1.54) is 6.92 Å². The maximum absolute atomic E-state index is 12.8. The zero-order valence-electron chi connectivity index (χ0n) is 47.7. The topological polar surface area (TPSA) is 651 Å². The Morgan fingerprint density at radius 1 is 0.506 bits per heavy atom. The van der Waals surface area contributed by atoms with Gasteiger partial charge in [0.2, 0.25) is 11.8 Å². The van der Waals surface area contributed by atoms with E-state index in [-0.39, 0.29) is 0 Å². The monoisotopic (exact) mass is 1310 g/mol. The molecule has 0 aromatic rings. The zero-order chi connectivity index (χ0) is 66.4. The number of amides is 2. The van der Waals surface area contributed by atoms with E-state index in [0.717, 1.165) is 13.8 Å². The number of hydrogen-bond donors (Lipinski definition) is 25. The van der Waals surface area contributed by atoms with Gasteiger partial charge in [0.1, 0.15) is 159 Å². The molecule has 89 heavy (non-hydrogen) atoms. The first-order valence-electron chi connectivity index (χ1n) is 28.0. The largest absolute Gasteiger partial charge is 0.477 e. The Bertz CT molecular complexity index is 2220. The third-order valence-corrected chi connectivity index (χ3v) is 15.9. The Morgan fingerprint density at radius 2 is 1.01 bits per heavy atom. The van der Waals surface area contributed by atoms with E-state index in [0.29, 0.717) is 0 Å². The number of carbonyl (C=O) groups is 3. The Labute approximate surface area is 503 Å². The standard InChI is InChI=1S/C49H84N2O38/c1-12-25(63)32(70)35(73)44(80-12)88-42-34(72)28(66)19(8-55)81-47(42)87-41-30(68)21(83-46(37(41)75)85-38(18(62)7-54)26(64)16(60)5-52)10-78-43-24(51-14(3)58)31(69)39(20(9-56)82-43)86-45-36(74)33(71)29(67)22(84-45)11-79-49(48(76)77)4-15(59)23(50-13(2)57)40(89-49)27(65)17(61)6-53/h12,15-47,52-56,59-75H,4-11H2,1-3H3,(H,50,57)(H,51,58)(H,76,77)/t12-,15-,16-,17+,18+,19+,20+,21+,22+,23+,24+,25+,26+,27+,28-,29-,30-,31+,32+,33-,34-,35-,36+,37+,38+,39+,40+,41-,42+,43+,44-,45-,46-,47-,49+/m0/s1. The van der Waals surface area contributed by atoms with Gasteiger partial charge in [0, 0.05) is 20.3 Å². The number of hydrogen-bond acceptors (Lipinski definition) is 37. The average Bonchev–Trinajstić information content (AvgIpc) is 0.970. The minimum atomic E-state index is -3.02. The quantitative estimate of drug-likeness (QED) is 0.0363. The molecule has 25 N–H and O–H groups in total. The minimum absolute atomic E-state index is 0.807. The molecule has 518 valence electrons. The molecule has 2 amide bonds. The summed E-state index contributed by atoms with van der Waals surface area (Å²) in [6.45, 7) is -4.71. The van der Waals surface area contributed by atoms with Crippen LogP contribution in [0.2, 0.25) is 0 Å². The first-order valence-corrected chi connectivity index (χ1v) is 28.0. The van der Waals surface area contributed by atoms with E-state index in [9.17, 15) is 132 Å². The van der Waals surface area contributed by atoms with Crippen molar-refractivity contribution in [2.24, 2.45) is 0 Å². The van der Waals surface area contributed by atoms with Gasteiger partial charge < -0.3 is 185 Å². The van der Waals surface area contributed by atoms with Crippen LogP contribution < -0.4 is 10.6 Å². The lowest BCUT2D eigenvalue weighted by Crippen LogP contribution is -2.69. The summed E-state index contributed by atoms with van der Waals surface area (Å²) in [7, 11) is 0. The average molecular weight is 1310 g/mol. The second kappa shape index (κ2) is 32.5. The van der Waals surface area contributed by atoms with Crippen molar-refractivity contribution in [3.05, 3.63) is 0 Å². The van der Waals surface area contributed by atoms with Gasteiger partial charge in [-0.3, -0.25) is 9.59 Å². The molecule has 35 atom stereocenters. The van der Waals surface area contributed by atoms with Gasteiger partial charge in [-0.25, -0.2) is 4.79 Å². The zero-order valence-corrected chi connectivity index (χ0v) is 47.7. The number of aliphatic hydroxyl groups excluding tert-OH is 22. The molecule has 6 fully saturated rings. The van der Waals surface area contributed by atoms with Gasteiger partial charge in [-0.05, 0) is 6.92 Å². The van der Waals surface area contributed by atoms with E-state index >= 15 is 0 Å². The maximum atomic E-state index is 12.8. The van der Waals surface area contributed by atoms with Crippen molar-refractivity contribution in [2.75, 3.05) is 46.2 Å². The van der Waals surface area contributed by atoms with Crippen LogP contribution in [0.4, 0.5) is 0 Å². The second-order valence-electron chi connectivity index (χ2n) is 22.3. The molecule has 6 aliphatic heterocycles. The van der Waals surface area contributed by atoms with Crippen LogP contribution in [0.15, 0.2) is 0 Å². The van der Waals surface area contributed by atoms with Crippen LogP contribution in [0, 0.1) is 0 Å². The van der Waals surface area contributed by atoms with Gasteiger partial charge in [-0.15, -0.1) is 0 Å². The highest BCUT2D eigenvalue weighted by atomic mass is 16.8. The summed E-state index contributed by atoms with van der Waals surface area (Å²) in [6.07, 6.45) is -67.2. The van der Waals surface area contributed by atoms with Gasteiger partial charge in [0.25, 0.3) is 5.79 Å². The van der Waals surface area contributed by atoms with Crippen LogP contribution in [-0.2, 0) is 71.2 Å². The van der Waals surface area contributed by atoms with Crippen LogP contribution in [0.5, 0.6) is 0 Å². The van der Waals surface area contributed by atoms with Crippen LogP contribution in [-0.4, -0.2) is 396 Å². The summed E-state index contributed by atoms with van der Waals surface area (Å²) < 4.78 is 68.8. The number of nitrogens with one attached hydrogen (secondary N) is 2. The Kier molecular flexibility index (Phi) is 27.4. The molecule has 6 saturated heterocycles. The fourth-order valence-corrected chi connectivity index (χ4v) is 10.8. The molecule has 0 aromatic carbocycles. The number of carboxylic acids is 1. The molecule has 0 unspecified atom stereocenters. The Balaban J connectivity index is 1.25. The van der Waals surface area contributed by atoms with Crippen molar-refractivity contribution in [1.82, 2.24) is 10.6 Å². The van der Waals surface area contributed by atoms with Crippen molar-refractivity contribution >= 4 is 17.8 Å². The van der Waals surface area contributed by atoms with Crippen molar-refractivity contribution in [1.29, 1.82) is 0 Å².